The molecule has 0 bridgehead atoms. The van der Waals surface area contributed by atoms with Crippen LogP contribution in [0.1, 0.15) is 0 Å². The molecule has 6 heteroatoms. The van der Waals surface area contributed by atoms with Crippen LogP contribution < -0.4 is 15.4 Å². The molecule has 0 saturated carbocycles. The quantitative estimate of drug-likeness (QED) is 0.807. The summed E-state index contributed by atoms with van der Waals surface area (Å²) in [5.74, 6) is -0.607. The maximum Gasteiger partial charge on any atom is 0.240 e. The molecule has 0 aromatic heterocycles. The first kappa shape index (κ1) is 11.2. The van der Waals surface area contributed by atoms with Crippen LogP contribution >= 0.6 is 11.6 Å². The van der Waals surface area contributed by atoms with Crippen molar-refractivity contribution in [3.63, 3.8) is 0 Å². The summed E-state index contributed by atoms with van der Waals surface area (Å²) in [6.07, 6.45) is 0. The third kappa shape index (κ3) is 1.72. The lowest BCUT2D eigenvalue weighted by atomic mass is 10.2. The van der Waals surface area contributed by atoms with E-state index in [1.54, 1.807) is 0 Å². The average Bonchev–Trinajstić information content (AvgIpc) is 2.32. The van der Waals surface area contributed by atoms with Crippen molar-refractivity contribution in [3.05, 3.63) is 23.0 Å². The predicted molar refractivity (Wildman–Crippen MR) is 58.3 cm³/mol. The molecule has 0 fully saturated rings. The highest BCUT2D eigenvalue weighted by molar-refractivity contribution is 6.32. The second kappa shape index (κ2) is 4.27. The molecule has 86 valence electrons. The van der Waals surface area contributed by atoms with Crippen molar-refractivity contribution in [2.45, 2.75) is 0 Å². The first-order valence-corrected chi connectivity index (χ1v) is 5.14. The summed E-state index contributed by atoms with van der Waals surface area (Å²) in [5, 5.41) is -0.105. The molecule has 0 aliphatic carbocycles. The molecule has 16 heavy (non-hydrogen) atoms. The molecule has 1 aliphatic heterocycles. The van der Waals surface area contributed by atoms with Gasteiger partial charge in [0.15, 0.2) is 5.75 Å². The van der Waals surface area contributed by atoms with E-state index < -0.39 is 5.82 Å². The molecular formula is C10H10ClFN2O2. The summed E-state index contributed by atoms with van der Waals surface area (Å²) >= 11 is 5.76. The number of fused-ring (bicyclic) bond motifs is 1. The minimum absolute atomic E-state index is 0.103. The number of nitrogens with zero attached hydrogens (tertiary/aromatic N) is 1. The van der Waals surface area contributed by atoms with E-state index in [1.165, 1.54) is 17.0 Å². The van der Waals surface area contributed by atoms with Crippen LogP contribution in [-0.4, -0.2) is 25.6 Å². The first-order chi connectivity index (χ1) is 7.65. The third-order valence-corrected chi connectivity index (χ3v) is 2.71. The Kier molecular flexibility index (Phi) is 2.98. The van der Waals surface area contributed by atoms with Crippen molar-refractivity contribution in [1.29, 1.82) is 0 Å². The lowest BCUT2D eigenvalue weighted by Crippen LogP contribution is -2.41. The maximum atomic E-state index is 13.2. The Morgan fingerprint density at radius 1 is 1.62 bits per heavy atom. The van der Waals surface area contributed by atoms with Gasteiger partial charge in [0.1, 0.15) is 17.4 Å². The van der Waals surface area contributed by atoms with E-state index in [-0.39, 0.29) is 29.8 Å². The van der Waals surface area contributed by atoms with Crippen molar-refractivity contribution in [1.82, 2.24) is 0 Å². The van der Waals surface area contributed by atoms with Crippen molar-refractivity contribution in [3.8, 4) is 5.75 Å². The number of ether oxygens (including phenoxy) is 1. The highest BCUT2D eigenvalue weighted by Crippen LogP contribution is 2.39. The molecule has 2 rings (SSSR count). The summed E-state index contributed by atoms with van der Waals surface area (Å²) in [6, 6.07) is 2.66. The fourth-order valence-corrected chi connectivity index (χ4v) is 1.81. The van der Waals surface area contributed by atoms with Gasteiger partial charge in [-0.2, -0.15) is 0 Å². The molecule has 0 radical (unpaired) electrons. The molecule has 2 N–H and O–H groups in total. The van der Waals surface area contributed by atoms with Gasteiger partial charge >= 0.3 is 0 Å². The lowest BCUT2D eigenvalue weighted by molar-refractivity contribution is -0.117. The van der Waals surface area contributed by atoms with Gasteiger partial charge in [0.05, 0.1) is 18.8 Å². The maximum absolute atomic E-state index is 13.2. The normalized spacial score (nSPS) is 14.3. The molecule has 0 spiro atoms. The van der Waals surface area contributed by atoms with Gasteiger partial charge in [-0.1, -0.05) is 11.6 Å². The Labute approximate surface area is 96.7 Å². The van der Waals surface area contributed by atoms with Crippen LogP contribution in [0.15, 0.2) is 12.1 Å². The Morgan fingerprint density at radius 3 is 3.06 bits per heavy atom. The van der Waals surface area contributed by atoms with Crippen molar-refractivity contribution < 1.29 is 13.9 Å². The number of amides is 1. The van der Waals surface area contributed by atoms with E-state index >= 15 is 0 Å². The fraction of sp³-hybridized carbons (Fsp3) is 0.300. The van der Waals surface area contributed by atoms with Crippen LogP contribution in [-0.2, 0) is 4.79 Å². The third-order valence-electron chi connectivity index (χ3n) is 2.36. The molecule has 0 atom stereocenters. The van der Waals surface area contributed by atoms with E-state index in [9.17, 15) is 9.18 Å². The summed E-state index contributed by atoms with van der Waals surface area (Å²) in [5.41, 5.74) is 5.75. The van der Waals surface area contributed by atoms with Gasteiger partial charge in [-0.15, -0.1) is 0 Å². The Morgan fingerprint density at radius 2 is 2.38 bits per heavy atom. The Hall–Kier alpha value is -1.33. The zero-order valence-corrected chi connectivity index (χ0v) is 9.13. The van der Waals surface area contributed by atoms with Crippen LogP contribution in [0, 0.1) is 5.82 Å². The number of nitrogens with two attached hydrogens (primary N) is 1. The van der Waals surface area contributed by atoms with Crippen LogP contribution in [0.25, 0.3) is 0 Å². The number of halogens is 2. The molecular weight excluding hydrogens is 235 g/mol. The van der Waals surface area contributed by atoms with E-state index in [4.69, 9.17) is 22.1 Å². The molecule has 1 aliphatic rings. The molecule has 1 heterocycles. The highest BCUT2D eigenvalue weighted by Gasteiger charge is 2.25. The molecule has 1 aromatic carbocycles. The zero-order chi connectivity index (χ0) is 11.7. The van der Waals surface area contributed by atoms with E-state index in [0.717, 1.165) is 0 Å². The number of hydrogen-bond acceptors (Lipinski definition) is 3. The first-order valence-electron chi connectivity index (χ1n) is 4.76. The van der Waals surface area contributed by atoms with Gasteiger partial charge in [-0.25, -0.2) is 4.39 Å². The van der Waals surface area contributed by atoms with E-state index in [1.807, 2.05) is 0 Å². The number of carbonyl (C=O) groups excluding carboxylic acids is 1. The number of anilines is 1. The largest absolute Gasteiger partial charge is 0.488 e. The molecule has 0 unspecified atom stereocenters. The van der Waals surface area contributed by atoms with Crippen molar-refractivity contribution in [2.24, 2.45) is 5.73 Å². The van der Waals surface area contributed by atoms with Crippen LogP contribution in [0.4, 0.5) is 10.1 Å². The topological polar surface area (TPSA) is 55.6 Å². The van der Waals surface area contributed by atoms with Gasteiger partial charge in [0, 0.05) is 0 Å². The van der Waals surface area contributed by atoms with E-state index in [2.05, 4.69) is 0 Å². The Balaban J connectivity index is 2.47. The summed E-state index contributed by atoms with van der Waals surface area (Å²) in [6.45, 7) is 0.571. The smallest absolute Gasteiger partial charge is 0.240 e. The number of hydrogen-bond donors (Lipinski definition) is 1. The molecule has 1 aromatic rings. The van der Waals surface area contributed by atoms with Crippen LogP contribution in [0.5, 0.6) is 5.75 Å². The van der Waals surface area contributed by atoms with Gasteiger partial charge < -0.3 is 15.4 Å². The van der Waals surface area contributed by atoms with Crippen molar-refractivity contribution in [2.75, 3.05) is 24.6 Å². The van der Waals surface area contributed by atoms with Crippen LogP contribution in [0.3, 0.4) is 0 Å². The minimum Gasteiger partial charge on any atom is -0.488 e. The fourth-order valence-electron chi connectivity index (χ4n) is 1.60. The monoisotopic (exact) mass is 244 g/mol. The highest BCUT2D eigenvalue weighted by atomic mass is 35.5. The average molecular weight is 245 g/mol. The zero-order valence-electron chi connectivity index (χ0n) is 8.37. The lowest BCUT2D eigenvalue weighted by Gasteiger charge is -2.29. The predicted octanol–water partition coefficient (Wildman–Crippen LogP) is 1.16. The van der Waals surface area contributed by atoms with Gasteiger partial charge in [0.2, 0.25) is 5.91 Å². The molecule has 0 saturated heterocycles. The van der Waals surface area contributed by atoms with Gasteiger partial charge in [-0.05, 0) is 12.1 Å². The Bertz CT molecular complexity index is 439. The van der Waals surface area contributed by atoms with Crippen LogP contribution in [0.2, 0.25) is 5.02 Å². The minimum atomic E-state index is -0.567. The molecule has 4 nitrogen and oxygen atoms in total. The molecule has 1 amide bonds. The summed E-state index contributed by atoms with van der Waals surface area (Å²) in [7, 11) is 0. The summed E-state index contributed by atoms with van der Waals surface area (Å²) < 4.78 is 18.4. The second-order valence-electron chi connectivity index (χ2n) is 3.31. The number of benzene rings is 1. The number of carbonyl (C=O) groups is 1. The second-order valence-corrected chi connectivity index (χ2v) is 3.69. The van der Waals surface area contributed by atoms with Gasteiger partial charge in [0.25, 0.3) is 0 Å². The van der Waals surface area contributed by atoms with Crippen molar-refractivity contribution >= 4 is 23.2 Å². The van der Waals surface area contributed by atoms with E-state index in [0.29, 0.717) is 12.2 Å². The number of rotatable bonds is 1. The SMILES string of the molecule is NCC(=O)N1CCOc2c1ccc(F)c2Cl. The van der Waals surface area contributed by atoms with Gasteiger partial charge in [-0.3, -0.25) is 4.79 Å². The summed E-state index contributed by atoms with van der Waals surface area (Å²) in [4.78, 5) is 13.0. The standard InChI is InChI=1S/C10H10ClFN2O2/c11-9-6(12)1-2-7-10(9)16-4-3-14(7)8(15)5-13/h1-2H,3-5,13H2.